The average Bonchev–Trinajstić information content (AvgIpc) is 3.53. The van der Waals surface area contributed by atoms with E-state index in [1.807, 2.05) is 84.9 Å². The van der Waals surface area contributed by atoms with Gasteiger partial charge in [-0.1, -0.05) is 23.2 Å². The highest BCUT2D eigenvalue weighted by Crippen LogP contribution is 2.32. The lowest BCUT2D eigenvalue weighted by atomic mass is 10.1. The van der Waals surface area contributed by atoms with Crippen LogP contribution in [0.1, 0.15) is 24.4 Å². The number of hydrogen-bond acceptors (Lipinski definition) is 3. The van der Waals surface area contributed by atoms with Gasteiger partial charge in [0.1, 0.15) is 23.0 Å². The van der Waals surface area contributed by atoms with E-state index in [0.29, 0.717) is 34.4 Å². The van der Waals surface area contributed by atoms with Crippen LogP contribution < -0.4 is 0 Å². The Labute approximate surface area is 195 Å². The second-order valence-corrected chi connectivity index (χ2v) is 8.46. The largest absolute Gasteiger partial charge is 0.457 e. The topological polar surface area (TPSA) is 43.4 Å². The molecule has 32 heavy (non-hydrogen) atoms. The van der Waals surface area contributed by atoms with Gasteiger partial charge in [0.2, 0.25) is 0 Å². The quantitative estimate of drug-likeness (QED) is 0.287. The van der Waals surface area contributed by atoms with E-state index < -0.39 is 0 Å². The molecule has 0 N–H and O–H groups in total. The maximum Gasteiger partial charge on any atom is 0.185 e. The highest BCUT2D eigenvalue weighted by molar-refractivity contribution is 6.30. The predicted molar refractivity (Wildman–Crippen MR) is 129 cm³/mol. The lowest BCUT2D eigenvalue weighted by molar-refractivity contribution is -0.111. The number of hydrogen-bond donors (Lipinski definition) is 0. The summed E-state index contributed by atoms with van der Waals surface area (Å²) in [6.45, 7) is 0. The summed E-state index contributed by atoms with van der Waals surface area (Å²) in [5.74, 6) is 2.81. The minimum atomic E-state index is 0.0267. The van der Waals surface area contributed by atoms with Crippen molar-refractivity contribution in [3.63, 3.8) is 0 Å². The van der Waals surface area contributed by atoms with Crippen LogP contribution in [0.15, 0.2) is 92.8 Å². The van der Waals surface area contributed by atoms with Crippen molar-refractivity contribution in [3.05, 3.63) is 106 Å². The van der Waals surface area contributed by atoms with Crippen LogP contribution >= 0.6 is 23.2 Å². The van der Waals surface area contributed by atoms with Crippen LogP contribution in [0.3, 0.4) is 0 Å². The van der Waals surface area contributed by atoms with Crippen molar-refractivity contribution < 1.29 is 13.6 Å². The summed E-state index contributed by atoms with van der Waals surface area (Å²) in [4.78, 5) is 12.9. The Bertz CT molecular complexity index is 1230. The van der Waals surface area contributed by atoms with E-state index in [2.05, 4.69) is 0 Å². The lowest BCUT2D eigenvalue weighted by Gasteiger charge is -1.98. The van der Waals surface area contributed by atoms with Crippen molar-refractivity contribution in [2.24, 2.45) is 0 Å². The first kappa shape index (κ1) is 20.6. The van der Waals surface area contributed by atoms with E-state index in [9.17, 15) is 4.79 Å². The van der Waals surface area contributed by atoms with E-state index in [4.69, 9.17) is 32.0 Å². The number of furan rings is 2. The first-order chi connectivity index (χ1) is 15.5. The van der Waals surface area contributed by atoms with Crippen molar-refractivity contribution >= 4 is 41.1 Å². The number of carbonyl (C=O) groups excluding carboxylic acids is 1. The molecule has 1 saturated carbocycles. The molecule has 0 saturated heterocycles. The van der Waals surface area contributed by atoms with E-state index in [-0.39, 0.29) is 5.78 Å². The van der Waals surface area contributed by atoms with Crippen LogP contribution in [-0.4, -0.2) is 5.78 Å². The van der Waals surface area contributed by atoms with Gasteiger partial charge in [-0.3, -0.25) is 4.79 Å². The fourth-order valence-electron chi connectivity index (χ4n) is 3.72. The lowest BCUT2D eigenvalue weighted by Crippen LogP contribution is -1.95. The molecule has 1 aliphatic rings. The van der Waals surface area contributed by atoms with Crippen molar-refractivity contribution in [2.45, 2.75) is 12.8 Å². The third kappa shape index (κ3) is 4.36. The zero-order chi connectivity index (χ0) is 22.1. The monoisotopic (exact) mass is 460 g/mol. The van der Waals surface area contributed by atoms with Crippen LogP contribution in [0.25, 0.3) is 34.8 Å². The summed E-state index contributed by atoms with van der Waals surface area (Å²) in [6.07, 6.45) is 4.99. The van der Waals surface area contributed by atoms with Gasteiger partial charge in [0.05, 0.1) is 0 Å². The maximum absolute atomic E-state index is 12.9. The van der Waals surface area contributed by atoms with E-state index in [0.717, 1.165) is 33.8 Å². The van der Waals surface area contributed by atoms with Gasteiger partial charge in [-0.2, -0.15) is 0 Å². The molecule has 158 valence electrons. The first-order valence-corrected chi connectivity index (χ1v) is 11.0. The Morgan fingerprint density at radius 3 is 1.41 bits per heavy atom. The zero-order valence-corrected chi connectivity index (χ0v) is 18.5. The molecule has 3 nitrogen and oxygen atoms in total. The molecule has 2 aromatic heterocycles. The molecule has 0 bridgehead atoms. The fourth-order valence-corrected chi connectivity index (χ4v) is 3.97. The minimum absolute atomic E-state index is 0.0267. The van der Waals surface area contributed by atoms with Crippen LogP contribution in [-0.2, 0) is 4.79 Å². The highest BCUT2D eigenvalue weighted by Gasteiger charge is 2.24. The molecule has 0 unspecified atom stereocenters. The zero-order valence-electron chi connectivity index (χ0n) is 17.0. The summed E-state index contributed by atoms with van der Waals surface area (Å²) >= 11 is 11.9. The molecule has 2 heterocycles. The standard InChI is InChI=1S/C27H18Cl2O3/c28-21-7-3-17(4-8-21)25-13-11-23(31-25)15-19-1-2-20(27(19)30)16-24-12-14-26(32-24)18-5-9-22(29)10-6-18/h3-16H,1-2H2. The average molecular weight is 461 g/mol. The fraction of sp³-hybridized carbons (Fsp3) is 0.0741. The molecule has 4 aromatic rings. The smallest absolute Gasteiger partial charge is 0.185 e. The highest BCUT2D eigenvalue weighted by atomic mass is 35.5. The molecule has 0 amide bonds. The Kier molecular flexibility index (Phi) is 5.60. The van der Waals surface area contributed by atoms with Gasteiger partial charge >= 0.3 is 0 Å². The minimum Gasteiger partial charge on any atom is -0.457 e. The Morgan fingerprint density at radius 2 is 1.00 bits per heavy atom. The maximum atomic E-state index is 12.9. The van der Waals surface area contributed by atoms with E-state index in [1.54, 1.807) is 0 Å². The Balaban J connectivity index is 1.33. The van der Waals surface area contributed by atoms with Crippen molar-refractivity contribution in [1.29, 1.82) is 0 Å². The Morgan fingerprint density at radius 1 is 0.594 bits per heavy atom. The molecule has 5 heteroatoms. The molecule has 0 aliphatic heterocycles. The summed E-state index contributed by atoms with van der Waals surface area (Å²) in [5.41, 5.74) is 3.34. The molecular weight excluding hydrogens is 443 g/mol. The van der Waals surface area contributed by atoms with Gasteiger partial charge in [-0.15, -0.1) is 0 Å². The number of ketones is 1. The molecule has 0 radical (unpaired) electrons. The van der Waals surface area contributed by atoms with Gasteiger partial charge in [0, 0.05) is 32.3 Å². The second-order valence-electron chi connectivity index (χ2n) is 7.59. The van der Waals surface area contributed by atoms with Crippen molar-refractivity contribution in [2.75, 3.05) is 0 Å². The summed E-state index contributed by atoms with van der Waals surface area (Å²) in [7, 11) is 0. The number of Topliss-reactive ketones (excluding diaryl/α,β-unsaturated/α-hetero) is 1. The van der Waals surface area contributed by atoms with Crippen LogP contribution in [0.4, 0.5) is 0 Å². The van der Waals surface area contributed by atoms with Crippen LogP contribution in [0.2, 0.25) is 10.0 Å². The van der Waals surface area contributed by atoms with Gasteiger partial charge in [0.15, 0.2) is 5.78 Å². The molecular formula is C27H18Cl2O3. The number of carbonyl (C=O) groups is 1. The van der Waals surface area contributed by atoms with Gasteiger partial charge in [-0.05, 0) is 97.8 Å². The van der Waals surface area contributed by atoms with E-state index >= 15 is 0 Å². The number of halogens is 2. The summed E-state index contributed by atoms with van der Waals surface area (Å²) in [5, 5.41) is 1.35. The molecule has 1 fully saturated rings. The van der Waals surface area contributed by atoms with Gasteiger partial charge < -0.3 is 8.83 Å². The van der Waals surface area contributed by atoms with E-state index in [1.165, 1.54) is 0 Å². The van der Waals surface area contributed by atoms with Gasteiger partial charge in [-0.25, -0.2) is 0 Å². The molecule has 0 spiro atoms. The molecule has 2 aromatic carbocycles. The summed E-state index contributed by atoms with van der Waals surface area (Å²) < 4.78 is 11.8. The molecule has 5 rings (SSSR count). The SMILES string of the molecule is O=C1C(=Cc2ccc(-c3ccc(Cl)cc3)o2)CCC1=Cc1ccc(-c2ccc(Cl)cc2)o1. The summed E-state index contributed by atoms with van der Waals surface area (Å²) in [6, 6.07) is 22.4. The Hall–Kier alpha value is -3.27. The second kappa shape index (κ2) is 8.70. The third-order valence-corrected chi connectivity index (χ3v) is 5.89. The van der Waals surface area contributed by atoms with Gasteiger partial charge in [0.25, 0.3) is 0 Å². The van der Waals surface area contributed by atoms with Crippen molar-refractivity contribution in [3.8, 4) is 22.6 Å². The van der Waals surface area contributed by atoms with Crippen molar-refractivity contribution in [1.82, 2.24) is 0 Å². The number of benzene rings is 2. The van der Waals surface area contributed by atoms with Crippen LogP contribution in [0.5, 0.6) is 0 Å². The third-order valence-electron chi connectivity index (χ3n) is 5.39. The molecule has 1 aliphatic carbocycles. The number of rotatable bonds is 4. The van der Waals surface area contributed by atoms with Crippen LogP contribution in [0, 0.1) is 0 Å². The molecule has 0 atom stereocenters. The normalized spacial score (nSPS) is 16.4. The predicted octanol–water partition coefficient (Wildman–Crippen LogP) is 8.34. The number of allylic oxidation sites excluding steroid dienone is 2. The first-order valence-electron chi connectivity index (χ1n) is 10.2.